The Labute approximate surface area is 155 Å². The van der Waals surface area contributed by atoms with Gasteiger partial charge in [-0.05, 0) is 55.8 Å². The number of anilines is 2. The average Bonchev–Trinajstić information content (AvgIpc) is 3.08. The molecule has 3 aromatic rings. The molecule has 0 aliphatic carbocycles. The van der Waals surface area contributed by atoms with Crippen LogP contribution in [-0.4, -0.2) is 18.2 Å². The third-order valence-corrected chi connectivity index (χ3v) is 5.07. The van der Waals surface area contributed by atoms with Crippen LogP contribution in [0.4, 0.5) is 11.4 Å². The predicted octanol–water partition coefficient (Wildman–Crippen LogP) is 5.03. The van der Waals surface area contributed by atoms with Crippen molar-refractivity contribution in [2.45, 2.75) is 20.0 Å². The molecule has 3 heteroatoms. The van der Waals surface area contributed by atoms with E-state index in [1.54, 1.807) is 6.07 Å². The van der Waals surface area contributed by atoms with E-state index in [2.05, 4.69) is 78.2 Å². The summed E-state index contributed by atoms with van der Waals surface area (Å²) >= 11 is 0. The van der Waals surface area contributed by atoms with Gasteiger partial charge in [0.05, 0.1) is 0 Å². The zero-order chi connectivity index (χ0) is 18.1. The highest BCUT2D eigenvalue weighted by Crippen LogP contribution is 2.38. The Balaban J connectivity index is 1.77. The first-order valence-corrected chi connectivity index (χ1v) is 9.07. The molecule has 26 heavy (non-hydrogen) atoms. The van der Waals surface area contributed by atoms with Gasteiger partial charge < -0.3 is 14.9 Å². The van der Waals surface area contributed by atoms with E-state index in [1.165, 1.54) is 22.5 Å². The number of phenolic OH excluding ortho intramolecular Hbond substituents is 1. The minimum absolute atomic E-state index is 0.0625. The van der Waals surface area contributed by atoms with Crippen LogP contribution in [-0.2, 0) is 0 Å². The molecule has 0 amide bonds. The summed E-state index contributed by atoms with van der Waals surface area (Å²) in [7, 11) is 0. The Morgan fingerprint density at radius 2 is 1.23 bits per heavy atom. The Bertz CT molecular complexity index is 833. The molecule has 1 fully saturated rings. The number of rotatable bonds is 3. The topological polar surface area (TPSA) is 26.7 Å². The van der Waals surface area contributed by atoms with Crippen molar-refractivity contribution in [3.8, 4) is 5.75 Å². The lowest BCUT2D eigenvalue weighted by atomic mass is 10.1. The third kappa shape index (κ3) is 3.13. The Kier molecular flexibility index (Phi) is 4.29. The van der Waals surface area contributed by atoms with Crippen LogP contribution in [0.5, 0.6) is 5.75 Å². The molecule has 3 aromatic carbocycles. The van der Waals surface area contributed by atoms with Gasteiger partial charge in [0, 0.05) is 24.5 Å². The van der Waals surface area contributed by atoms with Crippen LogP contribution in [0.2, 0.25) is 0 Å². The number of benzene rings is 3. The van der Waals surface area contributed by atoms with Crippen LogP contribution in [0, 0.1) is 13.8 Å². The molecule has 0 unspecified atom stereocenters. The molecule has 0 aromatic heterocycles. The number of nitrogens with zero attached hydrogens (tertiary/aromatic N) is 2. The highest BCUT2D eigenvalue weighted by molar-refractivity contribution is 5.60. The van der Waals surface area contributed by atoms with Crippen LogP contribution < -0.4 is 9.80 Å². The number of aromatic hydroxyl groups is 1. The highest BCUT2D eigenvalue weighted by atomic mass is 16.3. The molecule has 1 heterocycles. The molecule has 0 saturated carbocycles. The Morgan fingerprint density at radius 3 is 1.69 bits per heavy atom. The summed E-state index contributed by atoms with van der Waals surface area (Å²) in [6.45, 7) is 6.10. The molecule has 0 radical (unpaired) electrons. The van der Waals surface area contributed by atoms with E-state index in [-0.39, 0.29) is 6.17 Å². The van der Waals surface area contributed by atoms with Crippen LogP contribution in [0.1, 0.15) is 22.9 Å². The van der Waals surface area contributed by atoms with Crippen molar-refractivity contribution in [3.63, 3.8) is 0 Å². The second kappa shape index (κ2) is 6.75. The predicted molar refractivity (Wildman–Crippen MR) is 108 cm³/mol. The van der Waals surface area contributed by atoms with Crippen molar-refractivity contribution in [1.82, 2.24) is 0 Å². The van der Waals surface area contributed by atoms with E-state index < -0.39 is 0 Å². The van der Waals surface area contributed by atoms with Gasteiger partial charge in [0.1, 0.15) is 11.9 Å². The maximum atomic E-state index is 10.0. The van der Waals surface area contributed by atoms with E-state index in [1.807, 2.05) is 12.1 Å². The van der Waals surface area contributed by atoms with Gasteiger partial charge in [-0.2, -0.15) is 0 Å². The zero-order valence-corrected chi connectivity index (χ0v) is 15.3. The van der Waals surface area contributed by atoms with Crippen molar-refractivity contribution < 1.29 is 5.11 Å². The monoisotopic (exact) mass is 344 g/mol. The van der Waals surface area contributed by atoms with Crippen molar-refractivity contribution in [2.24, 2.45) is 0 Å². The smallest absolute Gasteiger partial charge is 0.128 e. The molecule has 1 aliphatic rings. The molecule has 3 nitrogen and oxygen atoms in total. The van der Waals surface area contributed by atoms with Gasteiger partial charge in [0.2, 0.25) is 0 Å². The fraction of sp³-hybridized carbons (Fsp3) is 0.217. The van der Waals surface area contributed by atoms with Crippen LogP contribution in [0.15, 0.2) is 72.8 Å². The van der Waals surface area contributed by atoms with E-state index in [0.29, 0.717) is 5.75 Å². The van der Waals surface area contributed by atoms with Crippen LogP contribution in [0.3, 0.4) is 0 Å². The first-order chi connectivity index (χ1) is 12.6. The Morgan fingerprint density at radius 1 is 0.731 bits per heavy atom. The second-order valence-corrected chi connectivity index (χ2v) is 7.03. The quantitative estimate of drug-likeness (QED) is 0.721. The molecule has 1 N–H and O–H groups in total. The van der Waals surface area contributed by atoms with Gasteiger partial charge >= 0.3 is 0 Å². The standard InChI is InChI=1S/C23H24N2O/c1-17-6-10-20(11-7-17)24-14-15-25(21-12-8-18(2)9-13-21)23(24)19-4-3-5-22(26)16-19/h3-13,16,23,26H,14-15H2,1-2H3. The molecule has 132 valence electrons. The summed E-state index contributed by atoms with van der Waals surface area (Å²) in [5, 5.41) is 10.0. The van der Waals surface area contributed by atoms with Gasteiger partial charge in [0.15, 0.2) is 0 Å². The van der Waals surface area contributed by atoms with E-state index >= 15 is 0 Å². The molecule has 0 atom stereocenters. The second-order valence-electron chi connectivity index (χ2n) is 7.03. The number of hydrogen-bond donors (Lipinski definition) is 1. The number of aryl methyl sites for hydroxylation is 2. The van der Waals surface area contributed by atoms with Crippen molar-refractivity contribution in [3.05, 3.63) is 89.5 Å². The van der Waals surface area contributed by atoms with Gasteiger partial charge in [-0.25, -0.2) is 0 Å². The fourth-order valence-corrected chi connectivity index (χ4v) is 3.69. The lowest BCUT2D eigenvalue weighted by molar-refractivity contribution is 0.473. The average molecular weight is 344 g/mol. The number of hydrogen-bond acceptors (Lipinski definition) is 3. The first kappa shape index (κ1) is 16.5. The van der Waals surface area contributed by atoms with Crippen molar-refractivity contribution >= 4 is 11.4 Å². The summed E-state index contributed by atoms with van der Waals surface area (Å²) in [6.07, 6.45) is 0.0625. The van der Waals surface area contributed by atoms with E-state index in [9.17, 15) is 5.11 Å². The fourth-order valence-electron chi connectivity index (χ4n) is 3.69. The summed E-state index contributed by atoms with van der Waals surface area (Å²) in [6, 6.07) is 25.0. The van der Waals surface area contributed by atoms with E-state index in [4.69, 9.17) is 0 Å². The minimum Gasteiger partial charge on any atom is -0.508 e. The maximum Gasteiger partial charge on any atom is 0.128 e. The van der Waals surface area contributed by atoms with Gasteiger partial charge in [0.25, 0.3) is 0 Å². The SMILES string of the molecule is Cc1ccc(N2CCN(c3ccc(C)cc3)C2c2cccc(O)c2)cc1. The number of phenols is 1. The molecule has 4 rings (SSSR count). The normalized spacial score (nSPS) is 14.8. The van der Waals surface area contributed by atoms with Gasteiger partial charge in [-0.15, -0.1) is 0 Å². The third-order valence-electron chi connectivity index (χ3n) is 5.07. The molecule has 0 spiro atoms. The van der Waals surface area contributed by atoms with Crippen LogP contribution >= 0.6 is 0 Å². The largest absolute Gasteiger partial charge is 0.508 e. The zero-order valence-electron chi connectivity index (χ0n) is 15.3. The van der Waals surface area contributed by atoms with Gasteiger partial charge in [-0.3, -0.25) is 0 Å². The molecular weight excluding hydrogens is 320 g/mol. The van der Waals surface area contributed by atoms with Crippen molar-refractivity contribution in [1.29, 1.82) is 0 Å². The molecule has 1 saturated heterocycles. The maximum absolute atomic E-state index is 10.0. The lowest BCUT2D eigenvalue weighted by Gasteiger charge is -2.33. The molecule has 1 aliphatic heterocycles. The molecular formula is C23H24N2O. The minimum atomic E-state index is 0.0625. The Hall–Kier alpha value is -2.94. The summed E-state index contributed by atoms with van der Waals surface area (Å²) < 4.78 is 0. The summed E-state index contributed by atoms with van der Waals surface area (Å²) in [4.78, 5) is 4.82. The van der Waals surface area contributed by atoms with Crippen LogP contribution in [0.25, 0.3) is 0 Å². The summed E-state index contributed by atoms with van der Waals surface area (Å²) in [5.41, 5.74) is 6.04. The summed E-state index contributed by atoms with van der Waals surface area (Å²) in [5.74, 6) is 0.308. The molecule has 0 bridgehead atoms. The highest BCUT2D eigenvalue weighted by Gasteiger charge is 2.33. The first-order valence-electron chi connectivity index (χ1n) is 9.07. The lowest BCUT2D eigenvalue weighted by Crippen LogP contribution is -2.30. The van der Waals surface area contributed by atoms with Crippen molar-refractivity contribution in [2.75, 3.05) is 22.9 Å². The van der Waals surface area contributed by atoms with E-state index in [0.717, 1.165) is 18.7 Å². The van der Waals surface area contributed by atoms with Gasteiger partial charge in [-0.1, -0.05) is 47.5 Å².